The van der Waals surface area contributed by atoms with Crippen LogP contribution in [0, 0.1) is 16.7 Å². The van der Waals surface area contributed by atoms with Crippen LogP contribution in [0.4, 0.5) is 5.82 Å². The van der Waals surface area contributed by atoms with Gasteiger partial charge in [-0.25, -0.2) is 9.97 Å². The van der Waals surface area contributed by atoms with Crippen LogP contribution in [0.1, 0.15) is 38.3 Å². The largest absolute Gasteiger partial charge is 0.378 e. The highest BCUT2D eigenvalue weighted by molar-refractivity contribution is 6.10. The molecule has 0 radical (unpaired) electrons. The maximum atomic E-state index is 9.32. The smallest absolute Gasteiger partial charge is 0.132 e. The number of nitrogens with one attached hydrogen (secondary N) is 1. The van der Waals surface area contributed by atoms with Crippen molar-refractivity contribution in [1.29, 1.82) is 10.7 Å². The molecule has 1 saturated heterocycles. The van der Waals surface area contributed by atoms with Crippen LogP contribution >= 0.6 is 0 Å². The van der Waals surface area contributed by atoms with Crippen LogP contribution in [0.5, 0.6) is 0 Å². The summed E-state index contributed by atoms with van der Waals surface area (Å²) in [4.78, 5) is 11.0. The molecule has 0 amide bonds. The van der Waals surface area contributed by atoms with Crippen molar-refractivity contribution in [2.75, 3.05) is 31.2 Å². The zero-order chi connectivity index (χ0) is 21.6. The van der Waals surface area contributed by atoms with Crippen LogP contribution in [0.3, 0.4) is 0 Å². The number of nitriles is 1. The van der Waals surface area contributed by atoms with Gasteiger partial charge >= 0.3 is 0 Å². The van der Waals surface area contributed by atoms with Crippen LogP contribution in [0.2, 0.25) is 0 Å². The van der Waals surface area contributed by atoms with Gasteiger partial charge in [-0.15, -0.1) is 0 Å². The van der Waals surface area contributed by atoms with E-state index in [1.807, 2.05) is 18.2 Å². The normalized spacial score (nSPS) is 19.6. The Labute approximate surface area is 183 Å². The highest BCUT2D eigenvalue weighted by Crippen LogP contribution is 2.31. The van der Waals surface area contributed by atoms with Gasteiger partial charge in [0.05, 0.1) is 30.7 Å². The van der Waals surface area contributed by atoms with Crippen molar-refractivity contribution in [1.82, 2.24) is 9.97 Å². The average Bonchev–Trinajstić information content (AvgIpc) is 3.17. The molecule has 1 fully saturated rings. The van der Waals surface area contributed by atoms with E-state index in [2.05, 4.69) is 46.1 Å². The minimum Gasteiger partial charge on any atom is -0.378 e. The van der Waals surface area contributed by atoms with E-state index in [0.29, 0.717) is 36.6 Å². The number of allylic oxidation sites excluding steroid dienone is 10. The molecule has 0 saturated carbocycles. The van der Waals surface area contributed by atoms with Gasteiger partial charge in [0.25, 0.3) is 0 Å². The summed E-state index contributed by atoms with van der Waals surface area (Å²) in [5.74, 6) is 0.853. The minimum atomic E-state index is 0.468. The lowest BCUT2D eigenvalue weighted by Gasteiger charge is -2.27. The number of morpholine rings is 1. The van der Waals surface area contributed by atoms with Gasteiger partial charge in [-0.2, -0.15) is 5.26 Å². The highest BCUT2D eigenvalue weighted by atomic mass is 16.5. The van der Waals surface area contributed by atoms with Crippen LogP contribution < -0.4 is 4.90 Å². The fourth-order valence-corrected chi connectivity index (χ4v) is 4.10. The first-order valence-electron chi connectivity index (χ1n) is 10.8. The summed E-state index contributed by atoms with van der Waals surface area (Å²) in [5.41, 5.74) is 6.41. The quantitative estimate of drug-likeness (QED) is 0.737. The molecule has 6 heteroatoms. The van der Waals surface area contributed by atoms with E-state index in [9.17, 15) is 5.26 Å². The molecule has 1 N–H and O–H groups in total. The van der Waals surface area contributed by atoms with E-state index in [-0.39, 0.29) is 0 Å². The second kappa shape index (κ2) is 9.67. The van der Waals surface area contributed by atoms with E-state index < -0.39 is 0 Å². The van der Waals surface area contributed by atoms with Gasteiger partial charge < -0.3 is 9.64 Å². The Hall–Kier alpha value is -3.30. The Bertz CT molecular complexity index is 1060. The Balaban J connectivity index is 1.56. The molecule has 2 aliphatic carbocycles. The Morgan fingerprint density at radius 1 is 1.19 bits per heavy atom. The maximum Gasteiger partial charge on any atom is 0.132 e. The molecule has 0 aromatic carbocycles. The molecule has 1 aromatic heterocycles. The zero-order valence-corrected chi connectivity index (χ0v) is 17.9. The first-order chi connectivity index (χ1) is 15.2. The van der Waals surface area contributed by atoms with E-state index >= 15 is 0 Å². The monoisotopic (exact) mass is 413 g/mol. The highest BCUT2D eigenvalue weighted by Gasteiger charge is 2.19. The fraction of sp³-hybridized carbons (Fsp3) is 0.360. The third-order valence-corrected chi connectivity index (χ3v) is 5.96. The van der Waals surface area contributed by atoms with E-state index in [1.165, 1.54) is 11.1 Å². The van der Waals surface area contributed by atoms with Gasteiger partial charge in [0.15, 0.2) is 0 Å². The summed E-state index contributed by atoms with van der Waals surface area (Å²) < 4.78 is 5.43. The van der Waals surface area contributed by atoms with Crippen LogP contribution in [-0.4, -0.2) is 42.0 Å². The topological polar surface area (TPSA) is 85.9 Å². The van der Waals surface area contributed by atoms with Crippen molar-refractivity contribution < 1.29 is 4.74 Å². The predicted octanol–water partition coefficient (Wildman–Crippen LogP) is 4.44. The van der Waals surface area contributed by atoms with Crippen molar-refractivity contribution >= 4 is 11.5 Å². The second-order valence-electron chi connectivity index (χ2n) is 7.94. The first-order valence-corrected chi connectivity index (χ1v) is 10.8. The third kappa shape index (κ3) is 4.89. The molecular formula is C25H27N5O. The molecule has 0 bridgehead atoms. The van der Waals surface area contributed by atoms with Crippen molar-refractivity contribution in [2.45, 2.75) is 32.6 Å². The van der Waals surface area contributed by atoms with Crippen molar-refractivity contribution in [3.63, 3.8) is 0 Å². The standard InChI is InChI=1S/C25H27N5O/c1-18-6-7-20(21-5-3-2-4-19(14-21)16-26)8-9-22(18)25(27)23-15-24(29-17-28-23)30-10-12-31-13-11-30/h3-5,8,14-15,17,27H,2,6-7,9-13H2,1H3. The Morgan fingerprint density at radius 2 is 2.03 bits per heavy atom. The molecular weight excluding hydrogens is 386 g/mol. The van der Waals surface area contributed by atoms with Gasteiger partial charge in [0, 0.05) is 24.7 Å². The molecule has 0 atom stereocenters. The van der Waals surface area contributed by atoms with Gasteiger partial charge in [-0.1, -0.05) is 29.9 Å². The lowest BCUT2D eigenvalue weighted by atomic mass is 9.97. The molecule has 2 heterocycles. The van der Waals surface area contributed by atoms with Crippen molar-refractivity contribution in [2.24, 2.45) is 0 Å². The first kappa shape index (κ1) is 21.0. The van der Waals surface area contributed by atoms with Crippen LogP contribution in [-0.2, 0) is 4.74 Å². The Morgan fingerprint density at radius 3 is 2.84 bits per heavy atom. The SMILES string of the molecule is CC1=C(C(=N)c2cc(N3CCOCC3)ncn2)CC=C(C2=CC(C#N)=CCC=C2)CC1. The lowest BCUT2D eigenvalue weighted by molar-refractivity contribution is 0.122. The van der Waals surface area contributed by atoms with Gasteiger partial charge in [-0.05, 0) is 55.4 Å². The van der Waals surface area contributed by atoms with Crippen molar-refractivity contribution in [3.05, 3.63) is 76.3 Å². The number of hydrogen-bond acceptors (Lipinski definition) is 6. The summed E-state index contributed by atoms with van der Waals surface area (Å²) in [5, 5.41) is 18.2. The molecule has 0 unspecified atom stereocenters. The molecule has 3 aliphatic rings. The van der Waals surface area contributed by atoms with E-state index in [4.69, 9.17) is 10.1 Å². The number of ether oxygens (including phenoxy) is 1. The maximum absolute atomic E-state index is 9.32. The number of aromatic nitrogens is 2. The van der Waals surface area contributed by atoms with Gasteiger partial charge in [0.2, 0.25) is 0 Å². The lowest BCUT2D eigenvalue weighted by Crippen LogP contribution is -2.36. The third-order valence-electron chi connectivity index (χ3n) is 5.96. The Kier molecular flexibility index (Phi) is 6.54. The number of hydrogen-bond donors (Lipinski definition) is 1. The minimum absolute atomic E-state index is 0.468. The zero-order valence-electron chi connectivity index (χ0n) is 17.9. The molecule has 1 aliphatic heterocycles. The van der Waals surface area contributed by atoms with Crippen LogP contribution in [0.15, 0.2) is 70.6 Å². The number of nitrogens with zero attached hydrogens (tertiary/aromatic N) is 4. The molecule has 4 rings (SSSR count). The number of anilines is 1. The van der Waals surface area contributed by atoms with Gasteiger partial charge in [-0.3, -0.25) is 5.41 Å². The fourth-order valence-electron chi connectivity index (χ4n) is 4.10. The summed E-state index contributed by atoms with van der Waals surface area (Å²) in [6.07, 6.45) is 15.2. The summed E-state index contributed by atoms with van der Waals surface area (Å²) >= 11 is 0. The summed E-state index contributed by atoms with van der Waals surface area (Å²) in [6.45, 7) is 5.12. The summed E-state index contributed by atoms with van der Waals surface area (Å²) in [7, 11) is 0. The molecule has 1 aromatic rings. The van der Waals surface area contributed by atoms with E-state index in [1.54, 1.807) is 6.33 Å². The predicted molar refractivity (Wildman–Crippen MR) is 122 cm³/mol. The molecule has 6 nitrogen and oxygen atoms in total. The number of rotatable bonds is 4. The summed E-state index contributed by atoms with van der Waals surface area (Å²) in [6, 6.07) is 4.19. The van der Waals surface area contributed by atoms with Gasteiger partial charge in [0.1, 0.15) is 12.1 Å². The average molecular weight is 414 g/mol. The second-order valence-corrected chi connectivity index (χ2v) is 7.94. The molecule has 0 spiro atoms. The molecule has 158 valence electrons. The van der Waals surface area contributed by atoms with Crippen LogP contribution in [0.25, 0.3) is 0 Å². The molecule has 31 heavy (non-hydrogen) atoms. The van der Waals surface area contributed by atoms with E-state index in [0.717, 1.165) is 49.3 Å². The van der Waals surface area contributed by atoms with Crippen molar-refractivity contribution in [3.8, 4) is 6.07 Å².